The van der Waals surface area contributed by atoms with Gasteiger partial charge in [0.25, 0.3) is 0 Å². The average Bonchev–Trinajstić information content (AvgIpc) is 2.80. The van der Waals surface area contributed by atoms with Gasteiger partial charge in [0.2, 0.25) is 17.6 Å². The molecule has 2 aliphatic heterocycles. The number of carbonyl (C=O) groups is 3. The highest BCUT2D eigenvalue weighted by molar-refractivity contribution is 6.32. The quantitative estimate of drug-likeness (QED) is 0.771. The minimum absolute atomic E-state index is 0.0214. The van der Waals surface area contributed by atoms with E-state index in [1.54, 1.807) is 0 Å². The summed E-state index contributed by atoms with van der Waals surface area (Å²) < 4.78 is 0. The molecule has 1 amide bonds. The van der Waals surface area contributed by atoms with E-state index in [9.17, 15) is 14.4 Å². The number of carbonyl (C=O) groups excluding carboxylic acids is 2. The molecule has 7 nitrogen and oxygen atoms in total. The molecule has 108 valence electrons. The van der Waals surface area contributed by atoms with Crippen LogP contribution in [0, 0.1) is 0 Å². The van der Waals surface area contributed by atoms with Crippen molar-refractivity contribution >= 4 is 29.3 Å². The average molecular weight is 287 g/mol. The first-order chi connectivity index (χ1) is 10.0. The van der Waals surface area contributed by atoms with Gasteiger partial charge in [-0.05, 0) is 23.6 Å². The number of nitrogens with zero attached hydrogens (tertiary/aromatic N) is 2. The first-order valence-corrected chi connectivity index (χ1v) is 6.54. The van der Waals surface area contributed by atoms with Gasteiger partial charge in [0.15, 0.2) is 0 Å². The molecule has 2 heterocycles. The first kappa shape index (κ1) is 13.3. The third-order valence-corrected chi connectivity index (χ3v) is 3.50. The Morgan fingerprint density at radius 1 is 1.33 bits per heavy atom. The lowest BCUT2D eigenvalue weighted by atomic mass is 10.0. The van der Waals surface area contributed by atoms with E-state index in [-0.39, 0.29) is 12.3 Å². The number of aliphatic carboxylic acids is 1. The molecule has 0 saturated carbocycles. The molecule has 1 fully saturated rings. The monoisotopic (exact) mass is 287 g/mol. The number of aryl methyl sites for hydroxylation is 1. The van der Waals surface area contributed by atoms with Crippen LogP contribution in [-0.4, -0.2) is 40.2 Å². The zero-order valence-electron chi connectivity index (χ0n) is 11.1. The molecule has 2 N–H and O–H groups in total. The maximum Gasteiger partial charge on any atom is 0.372 e. The molecule has 7 heteroatoms. The van der Waals surface area contributed by atoms with Crippen molar-refractivity contribution < 1.29 is 19.5 Å². The number of carboxylic acid groups (broad SMARTS) is 1. The van der Waals surface area contributed by atoms with Gasteiger partial charge in [-0.15, -0.1) is 0 Å². The molecule has 0 bridgehead atoms. The SMILES string of the molecule is O=C1CN2Cc3cc(CCC(=O)C(=O)O)ccc3N=C2N1. The fourth-order valence-electron chi connectivity index (χ4n) is 2.44. The van der Waals surface area contributed by atoms with Crippen molar-refractivity contribution in [1.29, 1.82) is 0 Å². The fraction of sp³-hybridized carbons (Fsp3) is 0.286. The molecule has 0 unspecified atom stereocenters. The Morgan fingerprint density at radius 3 is 2.90 bits per heavy atom. The molecule has 0 atom stereocenters. The standard InChI is InChI=1S/C14H13N3O4/c18-11(13(20)21)4-2-8-1-3-10-9(5-8)6-17-7-12(19)16-14(17)15-10/h1,3,5H,2,4,6-7H2,(H,20,21)(H,15,16,19). The zero-order chi connectivity index (χ0) is 15.0. The van der Waals surface area contributed by atoms with Gasteiger partial charge in [-0.3, -0.25) is 14.9 Å². The Hall–Kier alpha value is -2.70. The van der Waals surface area contributed by atoms with Crippen LogP contribution in [0.15, 0.2) is 23.2 Å². The lowest BCUT2D eigenvalue weighted by Crippen LogP contribution is -2.32. The summed E-state index contributed by atoms with van der Waals surface area (Å²) in [7, 11) is 0. The Labute approximate surface area is 120 Å². The summed E-state index contributed by atoms with van der Waals surface area (Å²) in [5.74, 6) is -1.69. The van der Waals surface area contributed by atoms with Gasteiger partial charge >= 0.3 is 5.97 Å². The van der Waals surface area contributed by atoms with Crippen LogP contribution in [0.2, 0.25) is 0 Å². The third-order valence-electron chi connectivity index (χ3n) is 3.50. The highest BCUT2D eigenvalue weighted by Gasteiger charge is 2.29. The van der Waals surface area contributed by atoms with Crippen molar-refractivity contribution in [1.82, 2.24) is 10.2 Å². The van der Waals surface area contributed by atoms with Crippen molar-refractivity contribution in [2.75, 3.05) is 6.54 Å². The van der Waals surface area contributed by atoms with Gasteiger partial charge in [-0.25, -0.2) is 9.79 Å². The molecule has 1 saturated heterocycles. The second kappa shape index (κ2) is 5.01. The molecule has 1 aromatic rings. The third kappa shape index (κ3) is 2.62. The Bertz CT molecular complexity index is 681. The van der Waals surface area contributed by atoms with Gasteiger partial charge in [0.05, 0.1) is 5.69 Å². The Kier molecular flexibility index (Phi) is 3.17. The number of rotatable bonds is 4. The summed E-state index contributed by atoms with van der Waals surface area (Å²) in [6, 6.07) is 5.56. The molecule has 0 aliphatic carbocycles. The summed E-state index contributed by atoms with van der Waals surface area (Å²) >= 11 is 0. The number of benzene rings is 1. The van der Waals surface area contributed by atoms with E-state index in [2.05, 4.69) is 10.3 Å². The van der Waals surface area contributed by atoms with E-state index >= 15 is 0 Å². The zero-order valence-corrected chi connectivity index (χ0v) is 11.1. The summed E-state index contributed by atoms with van der Waals surface area (Å²) in [6.45, 7) is 0.869. The highest BCUT2D eigenvalue weighted by Crippen LogP contribution is 2.28. The number of hydrogen-bond acceptors (Lipinski definition) is 5. The van der Waals surface area contributed by atoms with Crippen molar-refractivity contribution in [3.63, 3.8) is 0 Å². The second-order valence-corrected chi connectivity index (χ2v) is 5.03. The molecule has 3 rings (SSSR count). The van der Waals surface area contributed by atoms with Crippen LogP contribution in [0.3, 0.4) is 0 Å². The fourth-order valence-corrected chi connectivity index (χ4v) is 2.44. The van der Waals surface area contributed by atoms with Crippen molar-refractivity contribution in [2.45, 2.75) is 19.4 Å². The van der Waals surface area contributed by atoms with Gasteiger partial charge in [0.1, 0.15) is 6.54 Å². The van der Waals surface area contributed by atoms with Crippen LogP contribution in [-0.2, 0) is 27.3 Å². The molecule has 0 radical (unpaired) electrons. The highest BCUT2D eigenvalue weighted by atomic mass is 16.4. The van der Waals surface area contributed by atoms with E-state index in [1.165, 1.54) is 0 Å². The van der Waals surface area contributed by atoms with Crippen LogP contribution < -0.4 is 5.32 Å². The number of fused-ring (bicyclic) bond motifs is 2. The first-order valence-electron chi connectivity index (χ1n) is 6.54. The predicted octanol–water partition coefficient (Wildman–Crippen LogP) is 0.206. The maximum atomic E-state index is 11.3. The minimum Gasteiger partial charge on any atom is -0.476 e. The molecule has 21 heavy (non-hydrogen) atoms. The Balaban J connectivity index is 1.76. The lowest BCUT2D eigenvalue weighted by molar-refractivity contribution is -0.149. The number of carboxylic acids is 1. The predicted molar refractivity (Wildman–Crippen MR) is 73.1 cm³/mol. The maximum absolute atomic E-state index is 11.3. The second-order valence-electron chi connectivity index (χ2n) is 5.03. The number of hydrogen-bond donors (Lipinski definition) is 2. The van der Waals surface area contributed by atoms with Gasteiger partial charge in [-0.1, -0.05) is 12.1 Å². The van der Waals surface area contributed by atoms with E-state index < -0.39 is 11.8 Å². The van der Waals surface area contributed by atoms with E-state index in [0.29, 0.717) is 25.5 Å². The number of nitrogens with one attached hydrogen (secondary N) is 1. The van der Waals surface area contributed by atoms with Crippen LogP contribution >= 0.6 is 0 Å². The van der Waals surface area contributed by atoms with Gasteiger partial charge in [-0.2, -0.15) is 0 Å². The lowest BCUT2D eigenvalue weighted by Gasteiger charge is -2.23. The molecule has 0 spiro atoms. The van der Waals surface area contributed by atoms with Gasteiger partial charge in [0, 0.05) is 13.0 Å². The van der Waals surface area contributed by atoms with Crippen LogP contribution in [0.1, 0.15) is 17.5 Å². The minimum atomic E-state index is -1.40. The number of guanidine groups is 1. The molecule has 0 aromatic heterocycles. The van der Waals surface area contributed by atoms with E-state index in [1.807, 2.05) is 23.1 Å². The van der Waals surface area contributed by atoms with Crippen LogP contribution in [0.4, 0.5) is 5.69 Å². The number of amides is 1. The summed E-state index contributed by atoms with van der Waals surface area (Å²) in [5, 5.41) is 11.3. The van der Waals surface area contributed by atoms with Crippen molar-refractivity contribution in [2.24, 2.45) is 4.99 Å². The largest absolute Gasteiger partial charge is 0.476 e. The summed E-state index contributed by atoms with van der Waals surface area (Å²) in [6.07, 6.45) is 0.360. The molecular weight excluding hydrogens is 274 g/mol. The molecule has 2 aliphatic rings. The Morgan fingerprint density at radius 2 is 2.14 bits per heavy atom. The van der Waals surface area contributed by atoms with E-state index in [4.69, 9.17) is 5.11 Å². The van der Waals surface area contributed by atoms with Crippen LogP contribution in [0.25, 0.3) is 0 Å². The summed E-state index contributed by atoms with van der Waals surface area (Å²) in [4.78, 5) is 39.2. The topological polar surface area (TPSA) is 99.1 Å². The van der Waals surface area contributed by atoms with Crippen molar-refractivity contribution in [3.05, 3.63) is 29.3 Å². The molecular formula is C14H13N3O4. The number of ketones is 1. The van der Waals surface area contributed by atoms with Crippen molar-refractivity contribution in [3.8, 4) is 0 Å². The van der Waals surface area contributed by atoms with Gasteiger partial charge < -0.3 is 10.0 Å². The number of aliphatic imine (C=N–C) groups is 1. The van der Waals surface area contributed by atoms with E-state index in [0.717, 1.165) is 16.8 Å². The number of Topliss-reactive ketones (excluding diaryl/α,β-unsaturated/α-hetero) is 1. The smallest absolute Gasteiger partial charge is 0.372 e. The normalized spacial score (nSPS) is 15.9. The van der Waals surface area contributed by atoms with Crippen LogP contribution in [0.5, 0.6) is 0 Å². The summed E-state index contributed by atoms with van der Waals surface area (Å²) in [5.41, 5.74) is 2.65. The molecule has 1 aromatic carbocycles.